The lowest BCUT2D eigenvalue weighted by Gasteiger charge is -2.25. The zero-order chi connectivity index (χ0) is 10.9. The first kappa shape index (κ1) is 12.4. The van der Waals surface area contributed by atoms with Gasteiger partial charge in [0, 0.05) is 13.3 Å². The molecule has 0 bridgehead atoms. The minimum Gasteiger partial charge on any atom is -0.275 e. The van der Waals surface area contributed by atoms with Crippen molar-refractivity contribution >= 4 is 15.7 Å². The van der Waals surface area contributed by atoms with Crippen molar-refractivity contribution in [2.45, 2.75) is 18.6 Å². The molecule has 0 heterocycles. The standard InChI is InChI=1S/C7H15NO4S/c1-7(2,13(5,10)11)6(9)8(3)12-4/h1-5H3. The minimum absolute atomic E-state index is 0.586. The molecule has 0 aliphatic carbocycles. The summed E-state index contributed by atoms with van der Waals surface area (Å²) < 4.78 is 21.0. The van der Waals surface area contributed by atoms with E-state index in [-0.39, 0.29) is 0 Å². The highest BCUT2D eigenvalue weighted by Gasteiger charge is 2.40. The van der Waals surface area contributed by atoms with E-state index < -0.39 is 20.5 Å². The van der Waals surface area contributed by atoms with Crippen LogP contribution in [-0.2, 0) is 19.5 Å². The van der Waals surface area contributed by atoms with Gasteiger partial charge in [-0.25, -0.2) is 13.5 Å². The Morgan fingerprint density at radius 2 is 1.77 bits per heavy atom. The van der Waals surface area contributed by atoms with E-state index in [1.54, 1.807) is 0 Å². The maximum Gasteiger partial charge on any atom is 0.266 e. The molecule has 0 unspecified atom stereocenters. The molecule has 78 valence electrons. The third-order valence-corrected chi connectivity index (χ3v) is 4.03. The van der Waals surface area contributed by atoms with E-state index in [0.717, 1.165) is 11.3 Å². The number of hydrogen-bond donors (Lipinski definition) is 0. The van der Waals surface area contributed by atoms with E-state index in [9.17, 15) is 13.2 Å². The molecular weight excluding hydrogens is 194 g/mol. The maximum atomic E-state index is 11.5. The predicted octanol–water partition coefficient (Wildman–Crippen LogP) is -0.171. The third kappa shape index (κ3) is 2.41. The van der Waals surface area contributed by atoms with Crippen LogP contribution in [0.2, 0.25) is 0 Å². The summed E-state index contributed by atoms with van der Waals surface area (Å²) in [5.41, 5.74) is 0. The fourth-order valence-corrected chi connectivity index (χ4v) is 1.07. The van der Waals surface area contributed by atoms with E-state index in [1.807, 2.05) is 0 Å². The average Bonchev–Trinajstić information content (AvgIpc) is 1.99. The first-order chi connectivity index (χ1) is 5.64. The maximum absolute atomic E-state index is 11.5. The summed E-state index contributed by atoms with van der Waals surface area (Å²) in [6, 6.07) is 0. The van der Waals surface area contributed by atoms with Crippen molar-refractivity contribution in [3.8, 4) is 0 Å². The lowest BCUT2D eigenvalue weighted by molar-refractivity contribution is -0.170. The van der Waals surface area contributed by atoms with Gasteiger partial charge in [0.05, 0.1) is 7.11 Å². The van der Waals surface area contributed by atoms with Gasteiger partial charge in [-0.3, -0.25) is 9.63 Å². The van der Waals surface area contributed by atoms with Crippen molar-refractivity contribution < 1.29 is 18.0 Å². The first-order valence-electron chi connectivity index (χ1n) is 3.66. The van der Waals surface area contributed by atoms with Crippen LogP contribution in [-0.4, -0.2) is 44.5 Å². The van der Waals surface area contributed by atoms with Gasteiger partial charge in [-0.05, 0) is 13.8 Å². The average molecular weight is 209 g/mol. The molecule has 13 heavy (non-hydrogen) atoms. The number of hydrogen-bond acceptors (Lipinski definition) is 4. The Labute approximate surface area is 78.5 Å². The molecule has 0 aliphatic rings. The van der Waals surface area contributed by atoms with Gasteiger partial charge in [-0.15, -0.1) is 0 Å². The summed E-state index contributed by atoms with van der Waals surface area (Å²) in [4.78, 5) is 16.1. The molecule has 0 radical (unpaired) electrons. The van der Waals surface area contributed by atoms with E-state index >= 15 is 0 Å². The molecule has 0 aromatic rings. The molecule has 0 aromatic heterocycles. The van der Waals surface area contributed by atoms with Crippen molar-refractivity contribution in [3.63, 3.8) is 0 Å². The van der Waals surface area contributed by atoms with Crippen molar-refractivity contribution in [1.29, 1.82) is 0 Å². The largest absolute Gasteiger partial charge is 0.275 e. The highest BCUT2D eigenvalue weighted by Crippen LogP contribution is 2.17. The van der Waals surface area contributed by atoms with E-state index in [0.29, 0.717) is 0 Å². The molecule has 0 saturated heterocycles. The number of rotatable bonds is 3. The molecular formula is C7H15NO4S. The van der Waals surface area contributed by atoms with Crippen LogP contribution < -0.4 is 0 Å². The van der Waals surface area contributed by atoms with Crippen LogP contribution in [0.1, 0.15) is 13.8 Å². The van der Waals surface area contributed by atoms with Crippen LogP contribution in [0.25, 0.3) is 0 Å². The Morgan fingerprint density at radius 1 is 1.38 bits per heavy atom. The highest BCUT2D eigenvalue weighted by atomic mass is 32.2. The van der Waals surface area contributed by atoms with Crippen LogP contribution in [0, 0.1) is 0 Å². The topological polar surface area (TPSA) is 63.7 Å². The lowest BCUT2D eigenvalue weighted by Crippen LogP contribution is -2.47. The summed E-state index contributed by atoms with van der Waals surface area (Å²) >= 11 is 0. The van der Waals surface area contributed by atoms with Gasteiger partial charge in [0.15, 0.2) is 9.84 Å². The Balaban J connectivity index is 4.97. The second kappa shape index (κ2) is 3.63. The Bertz CT molecular complexity index is 294. The Kier molecular flexibility index (Phi) is 3.46. The number of hydroxylamine groups is 2. The highest BCUT2D eigenvalue weighted by molar-refractivity contribution is 7.92. The van der Waals surface area contributed by atoms with Gasteiger partial charge in [0.1, 0.15) is 4.75 Å². The Hall–Kier alpha value is -0.620. The number of sulfone groups is 1. The van der Waals surface area contributed by atoms with Gasteiger partial charge in [-0.1, -0.05) is 0 Å². The summed E-state index contributed by atoms with van der Waals surface area (Å²) in [6.07, 6.45) is 1.02. The van der Waals surface area contributed by atoms with Crippen molar-refractivity contribution in [2.75, 3.05) is 20.4 Å². The molecule has 1 amide bonds. The number of carbonyl (C=O) groups is 1. The van der Waals surface area contributed by atoms with Gasteiger partial charge >= 0.3 is 0 Å². The van der Waals surface area contributed by atoms with E-state index in [2.05, 4.69) is 4.84 Å². The van der Waals surface area contributed by atoms with Crippen molar-refractivity contribution in [2.24, 2.45) is 0 Å². The monoisotopic (exact) mass is 209 g/mol. The SMILES string of the molecule is CON(C)C(=O)C(C)(C)S(C)(=O)=O. The summed E-state index contributed by atoms with van der Waals surface area (Å²) in [5, 5.41) is 0.904. The molecule has 0 atom stereocenters. The zero-order valence-corrected chi connectivity index (χ0v) is 9.30. The number of amides is 1. The predicted molar refractivity (Wildman–Crippen MR) is 48.7 cm³/mol. The van der Waals surface area contributed by atoms with Crippen LogP contribution in [0.4, 0.5) is 0 Å². The molecule has 0 aromatic carbocycles. The fourth-order valence-electron chi connectivity index (χ4n) is 0.621. The van der Waals surface area contributed by atoms with Crippen LogP contribution >= 0.6 is 0 Å². The second-order valence-corrected chi connectivity index (χ2v) is 5.83. The number of carbonyl (C=O) groups excluding carboxylic acids is 1. The van der Waals surface area contributed by atoms with Crippen LogP contribution in [0.3, 0.4) is 0 Å². The van der Waals surface area contributed by atoms with Gasteiger partial charge in [-0.2, -0.15) is 0 Å². The number of nitrogens with zero attached hydrogens (tertiary/aromatic N) is 1. The normalized spacial score (nSPS) is 12.7. The molecule has 0 rings (SSSR count). The van der Waals surface area contributed by atoms with Gasteiger partial charge in [0.2, 0.25) is 0 Å². The molecule has 0 aliphatic heterocycles. The van der Waals surface area contributed by atoms with Crippen molar-refractivity contribution in [3.05, 3.63) is 0 Å². The fraction of sp³-hybridized carbons (Fsp3) is 0.857. The first-order valence-corrected chi connectivity index (χ1v) is 5.55. The Morgan fingerprint density at radius 3 is 2.00 bits per heavy atom. The second-order valence-electron chi connectivity index (χ2n) is 3.27. The minimum atomic E-state index is -3.43. The quantitative estimate of drug-likeness (QED) is 0.605. The molecule has 0 N–H and O–H groups in total. The lowest BCUT2D eigenvalue weighted by atomic mass is 10.2. The summed E-state index contributed by atoms with van der Waals surface area (Å²) in [5.74, 6) is -0.586. The zero-order valence-electron chi connectivity index (χ0n) is 8.49. The molecule has 0 spiro atoms. The molecule has 5 nitrogen and oxygen atoms in total. The van der Waals surface area contributed by atoms with E-state index in [4.69, 9.17) is 0 Å². The van der Waals surface area contributed by atoms with E-state index in [1.165, 1.54) is 28.0 Å². The van der Waals surface area contributed by atoms with Crippen LogP contribution in [0.15, 0.2) is 0 Å². The summed E-state index contributed by atoms with van der Waals surface area (Å²) in [6.45, 7) is 2.69. The molecule has 0 fully saturated rings. The molecule has 0 saturated carbocycles. The summed E-state index contributed by atoms with van der Waals surface area (Å²) in [7, 11) is -0.756. The third-order valence-electron chi connectivity index (χ3n) is 2.00. The van der Waals surface area contributed by atoms with Gasteiger partial charge < -0.3 is 0 Å². The van der Waals surface area contributed by atoms with Crippen LogP contribution in [0.5, 0.6) is 0 Å². The van der Waals surface area contributed by atoms with Crippen molar-refractivity contribution in [1.82, 2.24) is 5.06 Å². The molecule has 6 heteroatoms. The smallest absolute Gasteiger partial charge is 0.266 e. The van der Waals surface area contributed by atoms with Gasteiger partial charge in [0.25, 0.3) is 5.91 Å².